The predicted octanol–water partition coefficient (Wildman–Crippen LogP) is 5.11. The SMILES string of the molecule is CNC(=O)c1cc(Oc2ccc(NC(=O)Nc3cn(C(C)C)nc3-c3ccc4c(c3)CCNC4)c(F)c2)ccn1. The molecular formula is C29H30FN7O3. The van der Waals surface area contributed by atoms with Crippen LogP contribution in [0, 0.1) is 5.82 Å². The third-order valence-electron chi connectivity index (χ3n) is 6.49. The molecule has 0 atom stereocenters. The predicted molar refractivity (Wildman–Crippen MR) is 150 cm³/mol. The van der Waals surface area contributed by atoms with Gasteiger partial charge in [0.05, 0.1) is 11.4 Å². The largest absolute Gasteiger partial charge is 0.457 e. The molecular weight excluding hydrogens is 513 g/mol. The number of hydrogen-bond acceptors (Lipinski definition) is 6. The van der Waals surface area contributed by atoms with Gasteiger partial charge in [0, 0.05) is 49.7 Å². The number of fused-ring (bicyclic) bond motifs is 1. The molecule has 1 aliphatic rings. The van der Waals surface area contributed by atoms with Crippen LogP contribution in [0.1, 0.15) is 41.5 Å². The molecule has 0 radical (unpaired) electrons. The van der Waals surface area contributed by atoms with Crippen LogP contribution in [-0.4, -0.2) is 40.3 Å². The number of amides is 3. The Bertz CT molecular complexity index is 1570. The van der Waals surface area contributed by atoms with Crippen molar-refractivity contribution in [3.05, 3.63) is 83.6 Å². The summed E-state index contributed by atoms with van der Waals surface area (Å²) in [4.78, 5) is 28.7. The topological polar surface area (TPSA) is 122 Å². The van der Waals surface area contributed by atoms with Crippen LogP contribution in [0.2, 0.25) is 0 Å². The van der Waals surface area contributed by atoms with E-state index in [0.717, 1.165) is 31.1 Å². The zero-order valence-corrected chi connectivity index (χ0v) is 22.4. The van der Waals surface area contributed by atoms with Crippen LogP contribution in [-0.2, 0) is 13.0 Å². The first-order chi connectivity index (χ1) is 19.3. The van der Waals surface area contributed by atoms with Crippen molar-refractivity contribution < 1.29 is 18.7 Å². The van der Waals surface area contributed by atoms with Crippen LogP contribution in [0.3, 0.4) is 0 Å². The number of halogens is 1. The monoisotopic (exact) mass is 543 g/mol. The number of nitrogens with one attached hydrogen (secondary N) is 4. The number of carbonyl (C=O) groups is 2. The van der Waals surface area contributed by atoms with Gasteiger partial charge in [0.15, 0.2) is 0 Å². The highest BCUT2D eigenvalue weighted by Gasteiger charge is 2.18. The van der Waals surface area contributed by atoms with E-state index in [4.69, 9.17) is 9.84 Å². The lowest BCUT2D eigenvalue weighted by atomic mass is 9.97. The number of benzene rings is 2. The third-order valence-corrected chi connectivity index (χ3v) is 6.49. The van der Waals surface area contributed by atoms with Crippen LogP contribution in [0.5, 0.6) is 11.5 Å². The van der Waals surface area contributed by atoms with Crippen LogP contribution in [0.15, 0.2) is 60.9 Å². The Morgan fingerprint density at radius 2 is 1.82 bits per heavy atom. The van der Waals surface area contributed by atoms with E-state index in [-0.39, 0.29) is 29.1 Å². The van der Waals surface area contributed by atoms with Gasteiger partial charge in [-0.15, -0.1) is 0 Å². The van der Waals surface area contributed by atoms with Gasteiger partial charge < -0.3 is 26.0 Å². The van der Waals surface area contributed by atoms with Crippen LogP contribution < -0.4 is 26.0 Å². The second-order valence-corrected chi connectivity index (χ2v) is 9.65. The van der Waals surface area contributed by atoms with E-state index in [2.05, 4.69) is 38.4 Å². The Morgan fingerprint density at radius 1 is 1.02 bits per heavy atom. The molecule has 4 aromatic rings. The molecule has 0 bridgehead atoms. The number of anilines is 2. The first kappa shape index (κ1) is 26.8. The zero-order valence-electron chi connectivity index (χ0n) is 22.4. The minimum Gasteiger partial charge on any atom is -0.457 e. The number of pyridine rings is 1. The fraction of sp³-hybridized carbons (Fsp3) is 0.241. The lowest BCUT2D eigenvalue weighted by molar-refractivity contribution is 0.0957. The van der Waals surface area contributed by atoms with Crippen molar-refractivity contribution in [2.24, 2.45) is 0 Å². The normalized spacial score (nSPS) is 12.5. The van der Waals surface area contributed by atoms with Crippen molar-refractivity contribution in [3.8, 4) is 22.8 Å². The summed E-state index contributed by atoms with van der Waals surface area (Å²) in [6.45, 7) is 5.75. The molecule has 1 aliphatic heterocycles. The number of carbonyl (C=O) groups excluding carboxylic acids is 2. The van der Waals surface area contributed by atoms with Gasteiger partial charge in [-0.05, 0) is 62.2 Å². The Balaban J connectivity index is 1.31. The maximum atomic E-state index is 14.9. The van der Waals surface area contributed by atoms with Crippen molar-refractivity contribution in [3.63, 3.8) is 0 Å². The Morgan fingerprint density at radius 3 is 2.60 bits per heavy atom. The summed E-state index contributed by atoms with van der Waals surface area (Å²) in [7, 11) is 1.50. The number of nitrogens with zero attached hydrogens (tertiary/aromatic N) is 3. The fourth-order valence-electron chi connectivity index (χ4n) is 4.38. The van der Waals surface area contributed by atoms with Gasteiger partial charge in [-0.25, -0.2) is 9.18 Å². The summed E-state index contributed by atoms with van der Waals surface area (Å²) in [5.41, 5.74) is 4.72. The maximum Gasteiger partial charge on any atom is 0.323 e. The van der Waals surface area contributed by atoms with Gasteiger partial charge in [-0.2, -0.15) is 5.10 Å². The second kappa shape index (κ2) is 11.5. The van der Waals surface area contributed by atoms with E-state index in [1.54, 1.807) is 16.9 Å². The summed E-state index contributed by atoms with van der Waals surface area (Å²) in [5.74, 6) is -0.539. The van der Waals surface area contributed by atoms with Crippen LogP contribution in [0.4, 0.5) is 20.6 Å². The van der Waals surface area contributed by atoms with E-state index in [1.807, 2.05) is 19.9 Å². The molecule has 0 aliphatic carbocycles. The standard InChI is InChI=1S/C29H30FN7O3/c1-17(2)37-16-26(27(36-37)19-4-5-20-15-32-10-8-18(20)12-19)35-29(39)34-24-7-6-21(13-23(24)30)40-22-9-11-33-25(14-22)28(38)31-3/h4-7,9,11-14,16-17,32H,8,10,15H2,1-3H3,(H,31,38)(H2,34,35,39). The summed E-state index contributed by atoms with van der Waals surface area (Å²) >= 11 is 0. The molecule has 40 heavy (non-hydrogen) atoms. The Kier molecular flexibility index (Phi) is 7.74. The van der Waals surface area contributed by atoms with E-state index in [1.165, 1.54) is 42.6 Å². The lowest BCUT2D eigenvalue weighted by Gasteiger charge is -2.17. The quantitative estimate of drug-likeness (QED) is 0.257. The molecule has 2 aromatic carbocycles. The van der Waals surface area contributed by atoms with E-state index < -0.39 is 11.8 Å². The number of aromatic nitrogens is 3. The van der Waals surface area contributed by atoms with Gasteiger partial charge >= 0.3 is 6.03 Å². The van der Waals surface area contributed by atoms with Crippen molar-refractivity contribution >= 4 is 23.3 Å². The van der Waals surface area contributed by atoms with Gasteiger partial charge in [-0.1, -0.05) is 12.1 Å². The average Bonchev–Trinajstić information content (AvgIpc) is 3.38. The summed E-state index contributed by atoms with van der Waals surface area (Å²) in [5, 5.41) is 16.0. The van der Waals surface area contributed by atoms with Crippen molar-refractivity contribution in [1.82, 2.24) is 25.4 Å². The lowest BCUT2D eigenvalue weighted by Crippen LogP contribution is -2.23. The number of hydrogen-bond donors (Lipinski definition) is 4. The van der Waals surface area contributed by atoms with E-state index in [0.29, 0.717) is 17.1 Å². The molecule has 4 N–H and O–H groups in total. The highest BCUT2D eigenvalue weighted by atomic mass is 19.1. The molecule has 0 spiro atoms. The third kappa shape index (κ3) is 5.94. The molecule has 206 valence electrons. The van der Waals surface area contributed by atoms with Gasteiger partial charge in [-0.3, -0.25) is 14.5 Å². The van der Waals surface area contributed by atoms with E-state index >= 15 is 0 Å². The van der Waals surface area contributed by atoms with Crippen molar-refractivity contribution in [2.45, 2.75) is 32.9 Å². The molecule has 2 aromatic heterocycles. The molecule has 0 fully saturated rings. The summed E-state index contributed by atoms with van der Waals surface area (Å²) < 4.78 is 22.4. The first-order valence-electron chi connectivity index (χ1n) is 13.0. The molecule has 11 heteroatoms. The second-order valence-electron chi connectivity index (χ2n) is 9.65. The fourth-order valence-corrected chi connectivity index (χ4v) is 4.38. The molecule has 3 heterocycles. The molecule has 0 saturated heterocycles. The van der Waals surface area contributed by atoms with Crippen LogP contribution >= 0.6 is 0 Å². The zero-order chi connectivity index (χ0) is 28.2. The summed E-state index contributed by atoms with van der Waals surface area (Å²) in [6.07, 6.45) is 4.12. The van der Waals surface area contributed by atoms with E-state index in [9.17, 15) is 14.0 Å². The van der Waals surface area contributed by atoms with Gasteiger partial charge in [0.2, 0.25) is 0 Å². The number of urea groups is 1. The van der Waals surface area contributed by atoms with Gasteiger partial charge in [0.25, 0.3) is 5.91 Å². The first-order valence-corrected chi connectivity index (χ1v) is 13.0. The maximum absolute atomic E-state index is 14.9. The minimum absolute atomic E-state index is 0.0234. The van der Waals surface area contributed by atoms with Crippen LogP contribution in [0.25, 0.3) is 11.3 Å². The molecule has 5 rings (SSSR count). The minimum atomic E-state index is -0.686. The molecule has 3 amide bonds. The summed E-state index contributed by atoms with van der Waals surface area (Å²) in [6, 6.07) is 12.7. The number of rotatable bonds is 7. The Hall–Kier alpha value is -4.77. The van der Waals surface area contributed by atoms with Gasteiger partial charge in [0.1, 0.15) is 28.7 Å². The number of ether oxygens (including phenoxy) is 1. The molecule has 0 unspecified atom stereocenters. The average molecular weight is 544 g/mol. The molecule has 0 saturated carbocycles. The van der Waals surface area contributed by atoms with Crippen molar-refractivity contribution in [2.75, 3.05) is 24.2 Å². The Labute approximate surface area is 231 Å². The van der Waals surface area contributed by atoms with Crippen molar-refractivity contribution in [1.29, 1.82) is 0 Å². The smallest absolute Gasteiger partial charge is 0.323 e. The molecule has 10 nitrogen and oxygen atoms in total. The highest BCUT2D eigenvalue weighted by molar-refractivity contribution is 6.02. The highest BCUT2D eigenvalue weighted by Crippen LogP contribution is 2.31.